The van der Waals surface area contributed by atoms with Gasteiger partial charge in [0, 0.05) is 23.2 Å². The van der Waals surface area contributed by atoms with E-state index in [0.29, 0.717) is 22.9 Å². The van der Waals surface area contributed by atoms with Gasteiger partial charge >= 0.3 is 12.4 Å². The molecule has 44 heavy (non-hydrogen) atoms. The van der Waals surface area contributed by atoms with Gasteiger partial charge in [0.15, 0.2) is 10.6 Å². The number of rotatable bonds is 8. The van der Waals surface area contributed by atoms with Crippen molar-refractivity contribution in [3.63, 3.8) is 0 Å². The lowest BCUT2D eigenvalue weighted by atomic mass is 9.96. The second kappa shape index (κ2) is 12.9. The van der Waals surface area contributed by atoms with Gasteiger partial charge in [-0.3, -0.25) is 4.57 Å². The molecule has 2 aromatic heterocycles. The molecule has 0 bridgehead atoms. The van der Waals surface area contributed by atoms with E-state index in [4.69, 9.17) is 0 Å². The third kappa shape index (κ3) is 7.25. The second-order valence-corrected chi connectivity index (χ2v) is 11.3. The van der Waals surface area contributed by atoms with E-state index >= 15 is 0 Å². The smallest absolute Gasteiger partial charge is 0.406 e. The minimum absolute atomic E-state index is 0.177. The van der Waals surface area contributed by atoms with Crippen LogP contribution in [0.5, 0.6) is 5.75 Å². The molecule has 0 saturated heterocycles. The first-order valence-corrected chi connectivity index (χ1v) is 14.8. The van der Waals surface area contributed by atoms with Crippen molar-refractivity contribution in [2.45, 2.75) is 46.4 Å². The predicted octanol–water partition coefficient (Wildman–Crippen LogP) is 7.41. The Hall–Kier alpha value is -4.71. The number of carbonyl (C=O) groups excluding carboxylic acids is 1. The molecule has 1 atom stereocenters. The van der Waals surface area contributed by atoms with Crippen LogP contribution in [0, 0.1) is 20.8 Å². The number of urea groups is 1. The van der Waals surface area contributed by atoms with E-state index in [9.17, 15) is 18.0 Å². The van der Waals surface area contributed by atoms with Crippen LogP contribution in [0.3, 0.4) is 0 Å². The third-order valence-corrected chi connectivity index (χ3v) is 8.10. The number of aromatic nitrogens is 4. The molecule has 228 valence electrons. The van der Waals surface area contributed by atoms with E-state index in [1.54, 1.807) is 0 Å². The zero-order valence-electron chi connectivity index (χ0n) is 24.6. The molecule has 1 N–H and O–H groups in total. The molecule has 5 aromatic rings. The molecule has 12 heteroatoms. The first kappa shape index (κ1) is 30.7. The number of amides is 2. The van der Waals surface area contributed by atoms with E-state index in [0.717, 1.165) is 40.1 Å². The summed E-state index contributed by atoms with van der Waals surface area (Å²) in [5, 5.41) is 9.37. The highest BCUT2D eigenvalue weighted by Crippen LogP contribution is 2.25. The number of hydrogen-bond acceptors (Lipinski definition) is 5. The summed E-state index contributed by atoms with van der Waals surface area (Å²) in [5.74, 6) is 0.352. The summed E-state index contributed by atoms with van der Waals surface area (Å²) >= 11 is 1.44. The van der Waals surface area contributed by atoms with Gasteiger partial charge in [0.25, 0.3) is 0 Å². The first-order valence-electron chi connectivity index (χ1n) is 13.9. The van der Waals surface area contributed by atoms with Crippen molar-refractivity contribution >= 4 is 17.4 Å². The van der Waals surface area contributed by atoms with Crippen molar-refractivity contribution in [3.05, 3.63) is 106 Å². The Bertz CT molecular complexity index is 1800. The number of alkyl halides is 3. The van der Waals surface area contributed by atoms with Crippen LogP contribution in [0.4, 0.5) is 18.0 Å². The quantitative estimate of drug-likeness (QED) is 0.196. The van der Waals surface area contributed by atoms with Crippen LogP contribution in [0.2, 0.25) is 0 Å². The largest absolute Gasteiger partial charge is 0.573 e. The minimum Gasteiger partial charge on any atom is -0.406 e. The van der Waals surface area contributed by atoms with Gasteiger partial charge in [-0.15, -0.1) is 29.6 Å². The monoisotopic (exact) mass is 620 g/mol. The summed E-state index contributed by atoms with van der Waals surface area (Å²) in [4.78, 5) is 22.0. The number of halogens is 3. The standard InChI is InChI=1S/C32H31F3N6O2S/c1-20(16-17-36-30(42)38-31-41(23(4)18-44-31)28-21(2)6-5-7-22(28)3)24-8-10-25(11-9-24)29-37-19-40(39-29)26-12-14-27(15-13-26)43-32(33,34)35/h5-15,18-20H,16-17H2,1-4H3,(H,36,42)/b38-31-. The number of hydrogen-bond donors (Lipinski definition) is 1. The molecular weight excluding hydrogens is 589 g/mol. The van der Waals surface area contributed by atoms with Crippen LogP contribution in [0.15, 0.2) is 83.4 Å². The SMILES string of the molecule is Cc1cccc(C)c1-n1c(C)cs/c1=N\C(=O)NCCC(C)c1ccc(-c2ncn(-c3ccc(OC(F)(F)F)cc3)n2)cc1. The second-order valence-electron chi connectivity index (χ2n) is 10.4. The fourth-order valence-corrected chi connectivity index (χ4v) is 5.73. The number of aryl methyl sites for hydroxylation is 3. The summed E-state index contributed by atoms with van der Waals surface area (Å²) in [6.45, 7) is 8.67. The van der Waals surface area contributed by atoms with Gasteiger partial charge in [-0.25, -0.2) is 14.5 Å². The minimum atomic E-state index is -4.75. The molecule has 0 spiro atoms. The molecule has 3 aromatic carbocycles. The maximum Gasteiger partial charge on any atom is 0.573 e. The maximum atomic E-state index is 12.7. The van der Waals surface area contributed by atoms with Crippen molar-refractivity contribution in [1.82, 2.24) is 24.6 Å². The van der Waals surface area contributed by atoms with Gasteiger partial charge in [0.2, 0.25) is 0 Å². The first-order chi connectivity index (χ1) is 21.0. The summed E-state index contributed by atoms with van der Waals surface area (Å²) in [6.07, 6.45) is -2.52. The van der Waals surface area contributed by atoms with Crippen LogP contribution in [0.1, 0.15) is 41.6 Å². The van der Waals surface area contributed by atoms with Gasteiger partial charge in [-0.05, 0) is 74.1 Å². The molecule has 0 radical (unpaired) electrons. The molecule has 0 aliphatic heterocycles. The number of thiazole rings is 1. The Kier molecular flexibility index (Phi) is 9.00. The van der Waals surface area contributed by atoms with E-state index < -0.39 is 6.36 Å². The van der Waals surface area contributed by atoms with Crippen LogP contribution < -0.4 is 14.9 Å². The van der Waals surface area contributed by atoms with Gasteiger partial charge in [-0.1, -0.05) is 49.4 Å². The predicted molar refractivity (Wildman–Crippen MR) is 163 cm³/mol. The molecule has 0 aliphatic rings. The molecule has 0 saturated carbocycles. The number of benzene rings is 3. The fourth-order valence-electron chi connectivity index (χ4n) is 4.87. The fraction of sp³-hybridized carbons (Fsp3) is 0.250. The Labute approximate surface area is 256 Å². The Morgan fingerprint density at radius 3 is 2.36 bits per heavy atom. The third-order valence-electron chi connectivity index (χ3n) is 7.16. The van der Waals surface area contributed by atoms with Crippen molar-refractivity contribution in [1.29, 1.82) is 0 Å². The molecular formula is C32H31F3N6O2S. The van der Waals surface area contributed by atoms with Gasteiger partial charge < -0.3 is 10.1 Å². The molecule has 0 fully saturated rings. The molecule has 2 heterocycles. The van der Waals surface area contributed by atoms with Crippen molar-refractivity contribution in [2.75, 3.05) is 6.54 Å². The zero-order valence-corrected chi connectivity index (χ0v) is 25.4. The number of ether oxygens (including phenoxy) is 1. The van der Waals surface area contributed by atoms with Crippen LogP contribution in [0.25, 0.3) is 22.8 Å². The average molecular weight is 621 g/mol. The highest BCUT2D eigenvalue weighted by molar-refractivity contribution is 7.07. The Balaban J connectivity index is 1.18. The molecule has 2 amide bonds. The van der Waals surface area contributed by atoms with Crippen LogP contribution >= 0.6 is 11.3 Å². The van der Waals surface area contributed by atoms with Gasteiger partial charge in [0.05, 0.1) is 11.4 Å². The number of carbonyl (C=O) groups is 1. The summed E-state index contributed by atoms with van der Waals surface area (Å²) in [6, 6.07) is 19.0. The lowest BCUT2D eigenvalue weighted by molar-refractivity contribution is -0.274. The van der Waals surface area contributed by atoms with Gasteiger partial charge in [-0.2, -0.15) is 4.99 Å². The summed E-state index contributed by atoms with van der Waals surface area (Å²) in [7, 11) is 0. The van der Waals surface area contributed by atoms with E-state index in [-0.39, 0.29) is 17.7 Å². The van der Waals surface area contributed by atoms with E-state index in [1.165, 1.54) is 46.6 Å². The highest BCUT2D eigenvalue weighted by atomic mass is 32.1. The van der Waals surface area contributed by atoms with E-state index in [2.05, 4.69) is 58.0 Å². The van der Waals surface area contributed by atoms with Crippen molar-refractivity contribution < 1.29 is 22.7 Å². The normalized spacial score (nSPS) is 12.8. The van der Waals surface area contributed by atoms with Gasteiger partial charge in [0.1, 0.15) is 12.1 Å². The number of nitrogens with one attached hydrogen (secondary N) is 1. The summed E-state index contributed by atoms with van der Waals surface area (Å²) in [5.41, 5.74) is 6.74. The topological polar surface area (TPSA) is 86.3 Å². The van der Waals surface area contributed by atoms with Crippen molar-refractivity contribution in [2.24, 2.45) is 4.99 Å². The maximum absolute atomic E-state index is 12.7. The Morgan fingerprint density at radius 2 is 1.70 bits per heavy atom. The summed E-state index contributed by atoms with van der Waals surface area (Å²) < 4.78 is 44.7. The average Bonchev–Trinajstić information content (AvgIpc) is 3.60. The number of para-hydroxylation sites is 1. The van der Waals surface area contributed by atoms with Crippen LogP contribution in [-0.2, 0) is 0 Å². The van der Waals surface area contributed by atoms with Crippen molar-refractivity contribution in [3.8, 4) is 28.5 Å². The van der Waals surface area contributed by atoms with E-state index in [1.807, 2.05) is 47.2 Å². The van der Waals surface area contributed by atoms with Crippen LogP contribution in [-0.4, -0.2) is 38.3 Å². The molecule has 0 aliphatic carbocycles. The lowest BCUT2D eigenvalue weighted by Crippen LogP contribution is -2.26. The highest BCUT2D eigenvalue weighted by Gasteiger charge is 2.31. The Morgan fingerprint density at radius 1 is 1.02 bits per heavy atom. The molecule has 5 rings (SSSR count). The number of nitrogens with zero attached hydrogens (tertiary/aromatic N) is 5. The zero-order chi connectivity index (χ0) is 31.4. The lowest BCUT2D eigenvalue weighted by Gasteiger charge is -2.13. The molecule has 8 nitrogen and oxygen atoms in total. The molecule has 1 unspecified atom stereocenters.